The minimum atomic E-state index is -1.26. The molecule has 1 aliphatic heterocycles. The number of aromatic nitrogens is 3. The van der Waals surface area contributed by atoms with Gasteiger partial charge >= 0.3 is 0 Å². The molecule has 0 radical (unpaired) electrons. The van der Waals surface area contributed by atoms with Crippen LogP contribution in [0.1, 0.15) is 36.9 Å². The van der Waals surface area contributed by atoms with Crippen molar-refractivity contribution in [3.05, 3.63) is 84.2 Å². The number of hydrogen-bond donors (Lipinski definition) is 1. The molecule has 1 saturated carbocycles. The molecular formula is C33H30N3O2+. The largest absolute Gasteiger partial charge is 0.362 e. The van der Waals surface area contributed by atoms with Crippen molar-refractivity contribution in [2.24, 2.45) is 13.0 Å². The maximum absolute atomic E-state index is 11.7. The third kappa shape index (κ3) is 2.63. The van der Waals surface area contributed by atoms with Gasteiger partial charge in [0.05, 0.1) is 16.8 Å². The lowest BCUT2D eigenvalue weighted by atomic mass is 9.86. The van der Waals surface area contributed by atoms with Gasteiger partial charge in [-0.05, 0) is 56.7 Å². The van der Waals surface area contributed by atoms with Crippen LogP contribution in [0.4, 0.5) is 0 Å². The van der Waals surface area contributed by atoms with E-state index in [2.05, 4.69) is 96.8 Å². The molecule has 3 unspecified atom stereocenters. The molecule has 0 amide bonds. The minimum absolute atomic E-state index is 0.146. The van der Waals surface area contributed by atoms with E-state index in [-0.39, 0.29) is 12.0 Å². The van der Waals surface area contributed by atoms with Gasteiger partial charge in [-0.3, -0.25) is 0 Å². The highest BCUT2D eigenvalue weighted by Crippen LogP contribution is 2.64. The van der Waals surface area contributed by atoms with E-state index in [1.54, 1.807) is 7.11 Å². The third-order valence-corrected chi connectivity index (χ3v) is 8.91. The zero-order chi connectivity index (χ0) is 25.9. The number of ether oxygens (including phenoxy) is 1. The molecule has 5 heteroatoms. The summed E-state index contributed by atoms with van der Waals surface area (Å²) < 4.78 is 10.3. The zero-order valence-electron chi connectivity index (χ0n) is 22.1. The van der Waals surface area contributed by atoms with Crippen molar-refractivity contribution in [1.29, 1.82) is 0 Å². The first-order chi connectivity index (χ1) is 18.4. The average Bonchev–Trinajstić information content (AvgIpc) is 3.45. The Morgan fingerprint density at radius 2 is 1.71 bits per heavy atom. The molecule has 3 heterocycles. The maximum Gasteiger partial charge on any atom is 0.287 e. The van der Waals surface area contributed by atoms with Crippen molar-refractivity contribution in [1.82, 2.24) is 9.55 Å². The Hall–Kier alpha value is -3.80. The van der Waals surface area contributed by atoms with Gasteiger partial charge in [-0.1, -0.05) is 68.4 Å². The Labute approximate surface area is 220 Å². The van der Waals surface area contributed by atoms with Crippen LogP contribution in [0.5, 0.6) is 0 Å². The maximum atomic E-state index is 11.7. The van der Waals surface area contributed by atoms with Crippen LogP contribution in [0.25, 0.3) is 54.7 Å². The number of benzene rings is 4. The number of methoxy groups -OCH3 is 1. The molecule has 38 heavy (non-hydrogen) atoms. The SMILES string of the molecule is COC1(O)C2c3c(cc(CC(C)C)c4ccccc34)-c3c4c(nc[n+]3C21)c1ccc2ccccc2c1n4C. The number of rotatable bonds is 3. The zero-order valence-corrected chi connectivity index (χ0v) is 22.1. The molecule has 188 valence electrons. The average molecular weight is 501 g/mol. The topological polar surface area (TPSA) is 51.2 Å². The van der Waals surface area contributed by atoms with Gasteiger partial charge in [-0.15, -0.1) is 0 Å². The van der Waals surface area contributed by atoms with E-state index in [9.17, 15) is 5.11 Å². The van der Waals surface area contributed by atoms with Crippen LogP contribution >= 0.6 is 0 Å². The number of aryl methyl sites for hydroxylation is 1. The second-order valence-electron chi connectivity index (χ2n) is 11.5. The van der Waals surface area contributed by atoms with Crippen LogP contribution in [0.2, 0.25) is 0 Å². The first-order valence-electron chi connectivity index (χ1n) is 13.5. The smallest absolute Gasteiger partial charge is 0.287 e. The molecule has 1 aliphatic carbocycles. The van der Waals surface area contributed by atoms with Gasteiger partial charge < -0.3 is 14.4 Å². The lowest BCUT2D eigenvalue weighted by Gasteiger charge is -2.21. The van der Waals surface area contributed by atoms with Crippen LogP contribution in [0.3, 0.4) is 0 Å². The molecule has 0 spiro atoms. The Kier molecular flexibility index (Phi) is 4.33. The third-order valence-electron chi connectivity index (χ3n) is 8.91. The van der Waals surface area contributed by atoms with Crippen LogP contribution < -0.4 is 4.57 Å². The van der Waals surface area contributed by atoms with E-state index >= 15 is 0 Å². The van der Waals surface area contributed by atoms with Gasteiger partial charge in [-0.2, -0.15) is 0 Å². The molecule has 5 nitrogen and oxygen atoms in total. The summed E-state index contributed by atoms with van der Waals surface area (Å²) in [6.07, 6.45) is 2.91. The molecular weight excluding hydrogens is 470 g/mol. The summed E-state index contributed by atoms with van der Waals surface area (Å²) in [6, 6.07) is 23.8. The first kappa shape index (κ1) is 22.2. The van der Waals surface area contributed by atoms with Crippen molar-refractivity contribution >= 4 is 43.5 Å². The number of nitrogens with zero attached hydrogens (tertiary/aromatic N) is 3. The molecule has 0 bridgehead atoms. The molecule has 6 aromatic rings. The molecule has 3 atom stereocenters. The Bertz CT molecular complexity index is 1970. The Morgan fingerprint density at radius 1 is 0.974 bits per heavy atom. The van der Waals surface area contributed by atoms with Crippen molar-refractivity contribution in [2.75, 3.05) is 7.11 Å². The highest BCUT2D eigenvalue weighted by atomic mass is 16.6. The number of fused-ring (bicyclic) bond motifs is 14. The Morgan fingerprint density at radius 3 is 2.47 bits per heavy atom. The fraction of sp³-hybridized carbons (Fsp3) is 0.273. The van der Waals surface area contributed by atoms with E-state index in [0.29, 0.717) is 5.92 Å². The van der Waals surface area contributed by atoms with Gasteiger partial charge in [0.2, 0.25) is 11.3 Å². The van der Waals surface area contributed by atoms with Crippen LogP contribution in [0.15, 0.2) is 73.1 Å². The van der Waals surface area contributed by atoms with Gasteiger partial charge in [0.25, 0.3) is 6.33 Å². The summed E-state index contributed by atoms with van der Waals surface area (Å²) in [7, 11) is 3.76. The molecule has 1 N–H and O–H groups in total. The van der Waals surface area contributed by atoms with Crippen molar-refractivity contribution in [3.63, 3.8) is 0 Å². The molecule has 0 saturated heterocycles. The predicted octanol–water partition coefficient (Wildman–Crippen LogP) is 6.17. The quantitative estimate of drug-likeness (QED) is 0.233. The van der Waals surface area contributed by atoms with Crippen molar-refractivity contribution in [2.45, 2.75) is 38.0 Å². The summed E-state index contributed by atoms with van der Waals surface area (Å²) in [5.74, 6) is -0.884. The van der Waals surface area contributed by atoms with Crippen LogP contribution in [0, 0.1) is 5.92 Å². The predicted molar refractivity (Wildman–Crippen MR) is 151 cm³/mol. The normalized spacial score (nSPS) is 21.8. The van der Waals surface area contributed by atoms with E-state index in [1.165, 1.54) is 43.8 Å². The van der Waals surface area contributed by atoms with Crippen molar-refractivity contribution in [3.8, 4) is 11.3 Å². The molecule has 8 rings (SSSR count). The second kappa shape index (κ2) is 7.40. The van der Waals surface area contributed by atoms with Gasteiger partial charge in [0.15, 0.2) is 11.7 Å². The fourth-order valence-corrected chi connectivity index (χ4v) is 7.30. The first-order valence-corrected chi connectivity index (χ1v) is 13.5. The molecule has 2 aliphatic rings. The molecule has 4 aromatic carbocycles. The van der Waals surface area contributed by atoms with E-state index in [1.807, 2.05) is 6.33 Å². The van der Waals surface area contributed by atoms with Crippen molar-refractivity contribution < 1.29 is 14.4 Å². The lowest BCUT2D eigenvalue weighted by molar-refractivity contribution is -0.704. The van der Waals surface area contributed by atoms with Gasteiger partial charge in [0, 0.05) is 25.1 Å². The van der Waals surface area contributed by atoms with E-state index in [0.717, 1.165) is 28.5 Å². The highest BCUT2D eigenvalue weighted by molar-refractivity contribution is 6.18. The lowest BCUT2D eigenvalue weighted by Crippen LogP contribution is -2.41. The minimum Gasteiger partial charge on any atom is -0.362 e. The summed E-state index contributed by atoms with van der Waals surface area (Å²) in [4.78, 5) is 5.01. The number of hydrogen-bond acceptors (Lipinski definition) is 3. The summed E-state index contributed by atoms with van der Waals surface area (Å²) in [5.41, 5.74) is 8.08. The molecule has 2 aromatic heterocycles. The monoisotopic (exact) mass is 500 g/mol. The molecule has 1 fully saturated rings. The summed E-state index contributed by atoms with van der Waals surface area (Å²) >= 11 is 0. The summed E-state index contributed by atoms with van der Waals surface area (Å²) in [5, 5.41) is 17.8. The van der Waals surface area contributed by atoms with Gasteiger partial charge in [-0.25, -0.2) is 4.57 Å². The van der Waals surface area contributed by atoms with E-state index in [4.69, 9.17) is 9.72 Å². The fourth-order valence-electron chi connectivity index (χ4n) is 7.30. The number of aliphatic hydroxyl groups is 1. The Balaban J connectivity index is 1.57. The van der Waals surface area contributed by atoms with Crippen LogP contribution in [-0.4, -0.2) is 27.6 Å². The van der Waals surface area contributed by atoms with Crippen LogP contribution in [-0.2, 0) is 18.2 Å². The van der Waals surface area contributed by atoms with E-state index < -0.39 is 5.79 Å². The van der Waals surface area contributed by atoms with Gasteiger partial charge in [0.1, 0.15) is 5.52 Å². The summed E-state index contributed by atoms with van der Waals surface area (Å²) in [6.45, 7) is 4.54. The highest BCUT2D eigenvalue weighted by Gasteiger charge is 2.74. The second-order valence-corrected chi connectivity index (χ2v) is 11.5. The standard InChI is InChI=1S/C33H30N3O2/c1-18(2)15-20-16-25-26(23-12-8-7-10-21(20)23)27-32(33(27,37)38-4)36-17-34-28-24-14-13-19-9-5-6-11-22(19)29(24)35(3)31(28)30(25)36/h5-14,16-18,27,32,37H,15H2,1-4H3/q+1.